The lowest BCUT2D eigenvalue weighted by molar-refractivity contribution is 0.340. The van der Waals surface area contributed by atoms with Crippen molar-refractivity contribution in [2.75, 3.05) is 18.2 Å². The summed E-state index contributed by atoms with van der Waals surface area (Å²) in [5.74, 6) is 0.833. The molecule has 2 atom stereocenters. The Bertz CT molecular complexity index is 510. The maximum atomic E-state index is 11.7. The number of nitrogens with one attached hydrogen (secondary N) is 1. The van der Waals surface area contributed by atoms with Crippen LogP contribution in [0.15, 0.2) is 24.3 Å². The van der Waals surface area contributed by atoms with Crippen molar-refractivity contribution in [1.82, 2.24) is 0 Å². The minimum absolute atomic E-state index is 0.0212. The van der Waals surface area contributed by atoms with E-state index in [0.29, 0.717) is 6.61 Å². The van der Waals surface area contributed by atoms with Crippen molar-refractivity contribution in [3.8, 4) is 5.75 Å². The third-order valence-electron chi connectivity index (χ3n) is 3.52. The molecule has 0 aliphatic heterocycles. The summed E-state index contributed by atoms with van der Waals surface area (Å²) in [4.78, 5) is 0. The zero-order chi connectivity index (χ0) is 13.9. The summed E-state index contributed by atoms with van der Waals surface area (Å²) in [5.41, 5.74) is 0.948. The maximum absolute atomic E-state index is 11.7. The molecule has 1 N–H and O–H groups in total. The highest BCUT2D eigenvalue weighted by Gasteiger charge is 2.34. The van der Waals surface area contributed by atoms with E-state index in [1.807, 2.05) is 31.2 Å². The predicted octanol–water partition coefficient (Wildman–Crippen LogP) is 2.46. The summed E-state index contributed by atoms with van der Waals surface area (Å²) in [6, 6.07) is 7.69. The second-order valence-electron chi connectivity index (χ2n) is 5.01. The predicted molar refractivity (Wildman–Crippen MR) is 77.5 cm³/mol. The van der Waals surface area contributed by atoms with Gasteiger partial charge in [-0.2, -0.15) is 0 Å². The Labute approximate surface area is 115 Å². The van der Waals surface area contributed by atoms with Crippen molar-refractivity contribution >= 4 is 15.5 Å². The molecule has 0 amide bonds. The quantitative estimate of drug-likeness (QED) is 0.902. The zero-order valence-corrected chi connectivity index (χ0v) is 12.2. The molecule has 1 aromatic rings. The van der Waals surface area contributed by atoms with Crippen molar-refractivity contribution in [2.24, 2.45) is 0 Å². The van der Waals surface area contributed by atoms with E-state index < -0.39 is 9.84 Å². The molecule has 19 heavy (non-hydrogen) atoms. The van der Waals surface area contributed by atoms with Gasteiger partial charge in [-0.25, -0.2) is 8.42 Å². The zero-order valence-electron chi connectivity index (χ0n) is 11.4. The molecule has 1 fully saturated rings. The van der Waals surface area contributed by atoms with Crippen LogP contribution in [0.25, 0.3) is 0 Å². The van der Waals surface area contributed by atoms with Crippen LogP contribution < -0.4 is 10.1 Å². The van der Waals surface area contributed by atoms with Gasteiger partial charge in [-0.05, 0) is 50.5 Å². The number of benzene rings is 1. The first kappa shape index (κ1) is 14.2. The fourth-order valence-corrected chi connectivity index (χ4v) is 4.03. The molecule has 1 aromatic carbocycles. The van der Waals surface area contributed by atoms with Crippen LogP contribution in [0.4, 0.5) is 5.69 Å². The average molecular weight is 283 g/mol. The van der Waals surface area contributed by atoms with Gasteiger partial charge in [0, 0.05) is 18.0 Å². The van der Waals surface area contributed by atoms with Crippen molar-refractivity contribution in [1.29, 1.82) is 0 Å². The first-order valence-electron chi connectivity index (χ1n) is 6.69. The summed E-state index contributed by atoms with van der Waals surface area (Å²) in [6.07, 6.45) is 3.96. The van der Waals surface area contributed by atoms with E-state index in [0.717, 1.165) is 30.7 Å². The molecular weight excluding hydrogens is 262 g/mol. The molecule has 1 aliphatic rings. The fourth-order valence-electron chi connectivity index (χ4n) is 2.63. The van der Waals surface area contributed by atoms with Crippen molar-refractivity contribution in [2.45, 2.75) is 37.5 Å². The highest BCUT2D eigenvalue weighted by atomic mass is 32.2. The van der Waals surface area contributed by atoms with Gasteiger partial charge in [0.05, 0.1) is 11.9 Å². The highest BCUT2D eigenvalue weighted by Crippen LogP contribution is 2.28. The second-order valence-corrected chi connectivity index (χ2v) is 7.27. The molecule has 0 saturated heterocycles. The van der Waals surface area contributed by atoms with Gasteiger partial charge in [0.15, 0.2) is 9.84 Å². The smallest absolute Gasteiger partial charge is 0.152 e. The lowest BCUT2D eigenvalue weighted by Gasteiger charge is -2.20. The summed E-state index contributed by atoms with van der Waals surface area (Å²) < 4.78 is 28.8. The van der Waals surface area contributed by atoms with E-state index in [1.54, 1.807) is 0 Å². The molecule has 0 bridgehead atoms. The van der Waals surface area contributed by atoms with Gasteiger partial charge in [-0.15, -0.1) is 0 Å². The normalized spacial score (nSPS) is 23.3. The van der Waals surface area contributed by atoms with Gasteiger partial charge in [0.2, 0.25) is 0 Å². The van der Waals surface area contributed by atoms with Gasteiger partial charge in [0.25, 0.3) is 0 Å². The molecule has 0 heterocycles. The van der Waals surface area contributed by atoms with E-state index in [1.165, 1.54) is 6.26 Å². The first-order valence-corrected chi connectivity index (χ1v) is 8.64. The Morgan fingerprint density at radius 2 is 1.95 bits per heavy atom. The SMILES string of the molecule is CCOc1ccc(NC2CCCC2S(C)(=O)=O)cc1. The van der Waals surface area contributed by atoms with Crippen LogP contribution in [0.2, 0.25) is 0 Å². The summed E-state index contributed by atoms with van der Waals surface area (Å²) in [7, 11) is -2.98. The van der Waals surface area contributed by atoms with E-state index >= 15 is 0 Å². The fraction of sp³-hybridized carbons (Fsp3) is 0.571. The Hall–Kier alpha value is -1.23. The van der Waals surface area contributed by atoms with Crippen LogP contribution in [-0.2, 0) is 9.84 Å². The molecule has 0 aromatic heterocycles. The summed E-state index contributed by atoms with van der Waals surface area (Å²) in [5, 5.41) is 3.07. The number of ether oxygens (including phenoxy) is 1. The standard InChI is InChI=1S/C14H21NO3S/c1-3-18-12-9-7-11(8-10-12)15-13-5-4-6-14(13)19(2,16)17/h7-10,13-15H,3-6H2,1-2H3. The van der Waals surface area contributed by atoms with Crippen LogP contribution >= 0.6 is 0 Å². The van der Waals surface area contributed by atoms with Crippen LogP contribution in [0.5, 0.6) is 5.75 Å². The minimum Gasteiger partial charge on any atom is -0.494 e. The monoisotopic (exact) mass is 283 g/mol. The van der Waals surface area contributed by atoms with Gasteiger partial charge < -0.3 is 10.1 Å². The van der Waals surface area contributed by atoms with Crippen molar-refractivity contribution < 1.29 is 13.2 Å². The lowest BCUT2D eigenvalue weighted by Crippen LogP contribution is -2.34. The Morgan fingerprint density at radius 3 is 2.53 bits per heavy atom. The van der Waals surface area contributed by atoms with Gasteiger partial charge in [-0.1, -0.05) is 0 Å². The second kappa shape index (κ2) is 5.82. The topological polar surface area (TPSA) is 55.4 Å². The largest absolute Gasteiger partial charge is 0.494 e. The highest BCUT2D eigenvalue weighted by molar-refractivity contribution is 7.91. The van der Waals surface area contributed by atoms with Crippen LogP contribution in [0.3, 0.4) is 0 Å². The number of rotatable bonds is 5. The van der Waals surface area contributed by atoms with Crippen LogP contribution in [-0.4, -0.2) is 32.6 Å². The molecular formula is C14H21NO3S. The lowest BCUT2D eigenvalue weighted by atomic mass is 10.2. The van der Waals surface area contributed by atoms with E-state index in [-0.39, 0.29) is 11.3 Å². The molecule has 4 nitrogen and oxygen atoms in total. The molecule has 5 heteroatoms. The number of hydrogen-bond donors (Lipinski definition) is 1. The molecule has 1 saturated carbocycles. The van der Waals surface area contributed by atoms with Crippen LogP contribution in [0, 0.1) is 0 Å². The molecule has 2 rings (SSSR count). The third kappa shape index (κ3) is 3.62. The molecule has 1 aliphatic carbocycles. The Balaban J connectivity index is 2.04. The summed E-state index contributed by atoms with van der Waals surface area (Å²) >= 11 is 0. The van der Waals surface area contributed by atoms with Gasteiger partial charge >= 0.3 is 0 Å². The molecule has 0 spiro atoms. The van der Waals surface area contributed by atoms with Gasteiger partial charge in [0.1, 0.15) is 5.75 Å². The van der Waals surface area contributed by atoms with Crippen LogP contribution in [0.1, 0.15) is 26.2 Å². The number of hydrogen-bond acceptors (Lipinski definition) is 4. The third-order valence-corrected chi connectivity index (χ3v) is 5.18. The van der Waals surface area contributed by atoms with Gasteiger partial charge in [-0.3, -0.25) is 0 Å². The number of anilines is 1. The first-order chi connectivity index (χ1) is 9.00. The van der Waals surface area contributed by atoms with E-state index in [9.17, 15) is 8.42 Å². The average Bonchev–Trinajstić information content (AvgIpc) is 2.80. The molecule has 0 radical (unpaired) electrons. The summed E-state index contributed by atoms with van der Waals surface area (Å²) in [6.45, 7) is 2.59. The van der Waals surface area contributed by atoms with Crippen molar-refractivity contribution in [3.63, 3.8) is 0 Å². The van der Waals surface area contributed by atoms with E-state index in [2.05, 4.69) is 5.32 Å². The van der Waals surface area contributed by atoms with E-state index in [4.69, 9.17) is 4.74 Å². The Kier molecular flexibility index (Phi) is 4.34. The number of sulfone groups is 1. The Morgan fingerprint density at radius 1 is 1.26 bits per heavy atom. The molecule has 106 valence electrons. The minimum atomic E-state index is -2.98. The van der Waals surface area contributed by atoms with Crippen molar-refractivity contribution in [3.05, 3.63) is 24.3 Å². The molecule has 2 unspecified atom stereocenters. The maximum Gasteiger partial charge on any atom is 0.152 e.